The van der Waals surface area contributed by atoms with Crippen molar-refractivity contribution in [3.63, 3.8) is 0 Å². The summed E-state index contributed by atoms with van der Waals surface area (Å²) < 4.78 is 6.36. The zero-order valence-electron chi connectivity index (χ0n) is 15.4. The number of ether oxygens (including phenoxy) is 1. The third-order valence-electron chi connectivity index (χ3n) is 7.06. The lowest BCUT2D eigenvalue weighted by atomic mass is 9.59. The van der Waals surface area contributed by atoms with Crippen molar-refractivity contribution in [1.29, 1.82) is 0 Å². The Kier molecular flexibility index (Phi) is 3.93. The molecule has 2 heterocycles. The molecule has 2 N–H and O–H groups in total. The highest BCUT2D eigenvalue weighted by Crippen LogP contribution is 2.52. The summed E-state index contributed by atoms with van der Waals surface area (Å²) in [6, 6.07) is 7.38. The van der Waals surface area contributed by atoms with E-state index >= 15 is 0 Å². The quantitative estimate of drug-likeness (QED) is 0.792. The van der Waals surface area contributed by atoms with Crippen LogP contribution in [-0.2, 0) is 4.79 Å². The summed E-state index contributed by atoms with van der Waals surface area (Å²) in [5.74, 6) is 1.22. The van der Waals surface area contributed by atoms with Gasteiger partial charge in [-0.05, 0) is 50.2 Å². The van der Waals surface area contributed by atoms with Crippen LogP contribution in [-0.4, -0.2) is 46.7 Å². The molecule has 27 heavy (non-hydrogen) atoms. The molecule has 6 nitrogen and oxygen atoms in total. The molecule has 1 aromatic rings. The van der Waals surface area contributed by atoms with Crippen molar-refractivity contribution in [2.75, 3.05) is 13.1 Å². The first-order valence-electron chi connectivity index (χ1n) is 10.1. The standard InChI is InChI=1S/C21H26N2O4/c24-15-7-9-23(10-8-15)20(26)17-11-14-6-5-13(17)12-21(14)22-19(25)16-3-1-2-4-18(16)27-21/h1-4,13-15,17,24H,5-12H2,(H,22,25)/t13-,14-,17+,21-/m1/s1. The number of carbonyl (C=O) groups excluding carboxylic acids is 2. The van der Waals surface area contributed by atoms with Gasteiger partial charge in [-0.2, -0.15) is 0 Å². The van der Waals surface area contributed by atoms with Crippen LogP contribution in [0.25, 0.3) is 0 Å². The Bertz CT molecular complexity index is 773. The van der Waals surface area contributed by atoms with Crippen LogP contribution >= 0.6 is 0 Å². The molecule has 4 atom stereocenters. The van der Waals surface area contributed by atoms with Crippen LogP contribution in [0.2, 0.25) is 0 Å². The summed E-state index contributed by atoms with van der Waals surface area (Å²) in [6.45, 7) is 1.30. The predicted molar refractivity (Wildman–Crippen MR) is 98.0 cm³/mol. The van der Waals surface area contributed by atoms with Gasteiger partial charge in [-0.3, -0.25) is 9.59 Å². The van der Waals surface area contributed by atoms with E-state index in [1.165, 1.54) is 0 Å². The van der Waals surface area contributed by atoms with Crippen molar-refractivity contribution in [2.24, 2.45) is 17.8 Å². The highest BCUT2D eigenvalue weighted by molar-refractivity contribution is 5.98. The van der Waals surface area contributed by atoms with Gasteiger partial charge >= 0.3 is 0 Å². The molecule has 3 saturated carbocycles. The highest BCUT2D eigenvalue weighted by Gasteiger charge is 2.57. The number of amides is 2. The van der Waals surface area contributed by atoms with E-state index < -0.39 is 5.72 Å². The zero-order chi connectivity index (χ0) is 18.6. The minimum absolute atomic E-state index is 0.0160. The SMILES string of the molecule is O=C1N[C@]2(C[C@H]3CC[C@@H]2C[C@@H]3C(=O)N2CCC(O)CC2)Oc2ccccc21. The summed E-state index contributed by atoms with van der Waals surface area (Å²) in [5.41, 5.74) is -0.0764. The van der Waals surface area contributed by atoms with E-state index in [0.29, 0.717) is 43.7 Å². The van der Waals surface area contributed by atoms with Crippen LogP contribution in [0, 0.1) is 17.8 Å². The van der Waals surface area contributed by atoms with Crippen molar-refractivity contribution >= 4 is 11.8 Å². The Morgan fingerprint density at radius 1 is 1.19 bits per heavy atom. The van der Waals surface area contributed by atoms with Gasteiger partial charge in [0.15, 0.2) is 5.72 Å². The molecule has 0 radical (unpaired) electrons. The number of para-hydroxylation sites is 1. The van der Waals surface area contributed by atoms with Crippen molar-refractivity contribution in [3.05, 3.63) is 29.8 Å². The number of rotatable bonds is 1. The van der Waals surface area contributed by atoms with Gasteiger partial charge in [-0.1, -0.05) is 12.1 Å². The largest absolute Gasteiger partial charge is 0.467 e. The zero-order valence-corrected chi connectivity index (χ0v) is 15.4. The Balaban J connectivity index is 1.35. The number of likely N-dealkylation sites (tertiary alicyclic amines) is 1. The molecule has 0 aromatic heterocycles. The van der Waals surface area contributed by atoms with Gasteiger partial charge in [-0.25, -0.2) is 0 Å². The minimum Gasteiger partial charge on any atom is -0.467 e. The van der Waals surface area contributed by atoms with E-state index in [9.17, 15) is 14.7 Å². The number of hydrogen-bond donors (Lipinski definition) is 2. The van der Waals surface area contributed by atoms with Gasteiger partial charge in [0.1, 0.15) is 5.75 Å². The number of aliphatic hydroxyl groups is 1. The molecule has 3 aliphatic carbocycles. The fraction of sp³-hybridized carbons (Fsp3) is 0.619. The van der Waals surface area contributed by atoms with Gasteiger partial charge in [0, 0.05) is 31.3 Å². The summed E-state index contributed by atoms with van der Waals surface area (Å²) in [7, 11) is 0. The van der Waals surface area contributed by atoms with Gasteiger partial charge in [0.25, 0.3) is 5.91 Å². The van der Waals surface area contributed by atoms with Crippen LogP contribution in [0.3, 0.4) is 0 Å². The number of benzene rings is 1. The second-order valence-electron chi connectivity index (χ2n) is 8.58. The number of piperidine rings is 1. The van der Waals surface area contributed by atoms with E-state index in [-0.39, 0.29) is 35.7 Å². The lowest BCUT2D eigenvalue weighted by Crippen LogP contribution is -2.67. The summed E-state index contributed by atoms with van der Waals surface area (Å²) >= 11 is 0. The first kappa shape index (κ1) is 17.0. The van der Waals surface area contributed by atoms with Gasteiger partial charge in [0.2, 0.25) is 5.91 Å². The Morgan fingerprint density at radius 3 is 2.70 bits per heavy atom. The second kappa shape index (κ2) is 6.23. The number of nitrogens with one attached hydrogen (secondary N) is 1. The normalized spacial score (nSPS) is 35.5. The maximum absolute atomic E-state index is 13.1. The van der Waals surface area contributed by atoms with E-state index in [0.717, 1.165) is 19.3 Å². The molecule has 144 valence electrons. The van der Waals surface area contributed by atoms with Crippen molar-refractivity contribution in [1.82, 2.24) is 10.2 Å². The van der Waals surface area contributed by atoms with Gasteiger partial charge in [0.05, 0.1) is 11.7 Å². The van der Waals surface area contributed by atoms with Crippen LogP contribution in [0.15, 0.2) is 24.3 Å². The average molecular weight is 370 g/mol. The molecule has 4 fully saturated rings. The molecule has 6 heteroatoms. The molecule has 2 bridgehead atoms. The number of carbonyl (C=O) groups is 2. The van der Waals surface area contributed by atoms with E-state index in [4.69, 9.17) is 4.74 Å². The molecule has 0 unspecified atom stereocenters. The van der Waals surface area contributed by atoms with Crippen LogP contribution in [0.4, 0.5) is 0 Å². The second-order valence-corrected chi connectivity index (χ2v) is 8.58. The van der Waals surface area contributed by atoms with Crippen LogP contribution in [0.5, 0.6) is 5.75 Å². The first-order valence-corrected chi connectivity index (χ1v) is 10.1. The topological polar surface area (TPSA) is 78.9 Å². The number of hydrogen-bond acceptors (Lipinski definition) is 4. The predicted octanol–water partition coefficient (Wildman–Crippen LogP) is 1.92. The molecular formula is C21H26N2O4. The van der Waals surface area contributed by atoms with Crippen LogP contribution < -0.4 is 10.1 Å². The molecule has 1 aromatic carbocycles. The maximum atomic E-state index is 13.1. The average Bonchev–Trinajstić information content (AvgIpc) is 2.68. The summed E-state index contributed by atoms with van der Waals surface area (Å²) in [5, 5.41) is 12.8. The lowest BCUT2D eigenvalue weighted by molar-refractivity contribution is -0.157. The van der Waals surface area contributed by atoms with E-state index in [1.54, 1.807) is 6.07 Å². The van der Waals surface area contributed by atoms with E-state index in [1.807, 2.05) is 23.1 Å². The third kappa shape index (κ3) is 2.73. The minimum atomic E-state index is -0.663. The Labute approximate surface area is 158 Å². The van der Waals surface area contributed by atoms with Crippen molar-refractivity contribution in [2.45, 2.75) is 50.4 Å². The molecular weight excluding hydrogens is 344 g/mol. The van der Waals surface area contributed by atoms with Crippen LogP contribution in [0.1, 0.15) is 48.9 Å². The van der Waals surface area contributed by atoms with Gasteiger partial charge < -0.3 is 20.1 Å². The molecule has 5 aliphatic rings. The van der Waals surface area contributed by atoms with Gasteiger partial charge in [-0.15, -0.1) is 0 Å². The fourth-order valence-corrected chi connectivity index (χ4v) is 5.58. The fourth-order valence-electron chi connectivity index (χ4n) is 5.58. The highest BCUT2D eigenvalue weighted by atomic mass is 16.5. The third-order valence-corrected chi connectivity index (χ3v) is 7.06. The van der Waals surface area contributed by atoms with Crippen molar-refractivity contribution in [3.8, 4) is 5.75 Å². The van der Waals surface area contributed by atoms with Crippen molar-refractivity contribution < 1.29 is 19.4 Å². The molecule has 2 amide bonds. The summed E-state index contributed by atoms with van der Waals surface area (Å²) in [4.78, 5) is 27.7. The lowest BCUT2D eigenvalue weighted by Gasteiger charge is -2.55. The Morgan fingerprint density at radius 2 is 1.96 bits per heavy atom. The number of fused-ring (bicyclic) bond motifs is 3. The first-order chi connectivity index (χ1) is 13.1. The number of aliphatic hydroxyl groups excluding tert-OH is 1. The molecule has 2 aliphatic heterocycles. The van der Waals surface area contributed by atoms with E-state index in [2.05, 4.69) is 5.32 Å². The maximum Gasteiger partial charge on any atom is 0.258 e. The Hall–Kier alpha value is -2.08. The molecule has 6 rings (SSSR count). The number of nitrogens with zero attached hydrogens (tertiary/aromatic N) is 1. The molecule has 1 saturated heterocycles. The molecule has 1 spiro atoms. The summed E-state index contributed by atoms with van der Waals surface area (Å²) in [6.07, 6.45) is 4.54. The smallest absolute Gasteiger partial charge is 0.258 e. The monoisotopic (exact) mass is 370 g/mol.